The van der Waals surface area contributed by atoms with Gasteiger partial charge in [-0.3, -0.25) is 9.36 Å². The largest absolute Gasteiger partial charge is 0.496 e. The predicted molar refractivity (Wildman–Crippen MR) is 113 cm³/mol. The van der Waals surface area contributed by atoms with Gasteiger partial charge in [0, 0.05) is 10.0 Å². The van der Waals surface area contributed by atoms with Gasteiger partial charge in [-0.2, -0.15) is 10.5 Å². The first-order valence-electron chi connectivity index (χ1n) is 8.17. The first-order chi connectivity index (χ1) is 13.5. The Morgan fingerprint density at radius 1 is 1.21 bits per heavy atom. The lowest BCUT2D eigenvalue weighted by Crippen LogP contribution is -2.31. The van der Waals surface area contributed by atoms with Gasteiger partial charge in [0.2, 0.25) is 0 Å². The molecule has 0 atom stereocenters. The summed E-state index contributed by atoms with van der Waals surface area (Å²) in [5, 5.41) is 18.7. The third-order valence-electron chi connectivity index (χ3n) is 4.10. The molecule has 1 heterocycles. The number of aryl methyl sites for hydroxylation is 1. The standard InChI is InChI=1S/C21H14BrN3O2S/c1-13-5-3-4-6-17(13)25-20(26)19(28-21(25)15(11-23)12-24)10-14-9-16(22)7-8-18(14)27-2/h3-10H,1-2H3/b19-10+. The van der Waals surface area contributed by atoms with Crippen LogP contribution in [0.4, 0.5) is 0 Å². The summed E-state index contributed by atoms with van der Waals surface area (Å²) in [5.41, 5.74) is 1.83. The second-order valence-corrected chi connectivity index (χ2v) is 7.77. The van der Waals surface area contributed by atoms with Crippen LogP contribution in [0.15, 0.2) is 51.7 Å². The van der Waals surface area contributed by atoms with Gasteiger partial charge < -0.3 is 4.74 Å². The normalized spacial score (nSPS) is 11.0. The topological polar surface area (TPSA) is 78.8 Å². The van der Waals surface area contributed by atoms with Gasteiger partial charge in [-0.15, -0.1) is 11.3 Å². The van der Waals surface area contributed by atoms with Crippen LogP contribution >= 0.6 is 27.3 Å². The minimum atomic E-state index is -0.292. The molecule has 0 aliphatic heterocycles. The van der Waals surface area contributed by atoms with Gasteiger partial charge in [-0.1, -0.05) is 34.1 Å². The molecule has 28 heavy (non-hydrogen) atoms. The molecule has 3 aromatic rings. The smallest absolute Gasteiger partial charge is 0.273 e. The molecule has 0 radical (unpaired) electrons. The van der Waals surface area contributed by atoms with Crippen molar-refractivity contribution in [2.45, 2.75) is 6.92 Å². The maximum atomic E-state index is 13.2. The molecular weight excluding hydrogens is 438 g/mol. The molecular formula is C21H14BrN3O2S. The van der Waals surface area contributed by atoms with E-state index in [4.69, 9.17) is 4.74 Å². The molecule has 0 amide bonds. The Labute approximate surface area is 173 Å². The highest BCUT2D eigenvalue weighted by Crippen LogP contribution is 2.23. The van der Waals surface area contributed by atoms with Gasteiger partial charge in [0.1, 0.15) is 22.6 Å². The maximum absolute atomic E-state index is 13.2. The third kappa shape index (κ3) is 3.63. The van der Waals surface area contributed by atoms with Crippen LogP contribution in [0.2, 0.25) is 0 Å². The number of aromatic nitrogens is 1. The third-order valence-corrected chi connectivity index (χ3v) is 5.68. The van der Waals surface area contributed by atoms with Gasteiger partial charge in [0.25, 0.3) is 5.56 Å². The highest BCUT2D eigenvalue weighted by molar-refractivity contribution is 9.10. The van der Waals surface area contributed by atoms with Crippen LogP contribution in [0, 0.1) is 29.6 Å². The van der Waals surface area contributed by atoms with Crippen molar-refractivity contribution in [3.8, 4) is 23.6 Å². The molecule has 0 unspecified atom stereocenters. The number of thiazole rings is 1. The highest BCUT2D eigenvalue weighted by Gasteiger charge is 2.13. The molecule has 0 spiro atoms. The van der Waals surface area contributed by atoms with E-state index < -0.39 is 0 Å². The summed E-state index contributed by atoms with van der Waals surface area (Å²) in [5.74, 6) is 0.616. The Balaban J connectivity index is 2.45. The van der Waals surface area contributed by atoms with Crippen molar-refractivity contribution in [2.24, 2.45) is 0 Å². The second kappa shape index (κ2) is 8.26. The molecule has 7 heteroatoms. The fourth-order valence-electron chi connectivity index (χ4n) is 2.76. The van der Waals surface area contributed by atoms with Crippen LogP contribution in [0.3, 0.4) is 0 Å². The van der Waals surface area contributed by atoms with Gasteiger partial charge in [0.05, 0.1) is 17.3 Å². The Morgan fingerprint density at radius 3 is 2.57 bits per heavy atom. The molecule has 0 saturated heterocycles. The molecule has 0 bridgehead atoms. The van der Waals surface area contributed by atoms with Crippen LogP contribution in [0.1, 0.15) is 11.1 Å². The Bertz CT molecular complexity index is 1310. The van der Waals surface area contributed by atoms with Crippen LogP contribution < -0.4 is 19.5 Å². The fraction of sp³-hybridized carbons (Fsp3) is 0.0952. The lowest BCUT2D eigenvalue weighted by Gasteiger charge is -2.05. The first-order valence-corrected chi connectivity index (χ1v) is 9.78. The number of methoxy groups -OCH3 is 1. The number of ether oxygens (including phenoxy) is 1. The summed E-state index contributed by atoms with van der Waals surface area (Å²) in [6.45, 7) is 1.88. The molecule has 3 rings (SSSR count). The molecule has 0 aliphatic carbocycles. The molecule has 0 aliphatic rings. The summed E-state index contributed by atoms with van der Waals surface area (Å²) < 4.78 is 8.36. The quantitative estimate of drug-likeness (QED) is 0.612. The summed E-state index contributed by atoms with van der Waals surface area (Å²) in [6.07, 6.45) is 1.71. The minimum absolute atomic E-state index is 0.105. The minimum Gasteiger partial charge on any atom is -0.496 e. The second-order valence-electron chi connectivity index (χ2n) is 5.83. The average molecular weight is 452 g/mol. The molecule has 138 valence electrons. The number of para-hydroxylation sites is 1. The lowest BCUT2D eigenvalue weighted by molar-refractivity contribution is 0.414. The zero-order valence-corrected chi connectivity index (χ0v) is 17.5. The zero-order chi connectivity index (χ0) is 20.3. The van der Waals surface area contributed by atoms with Gasteiger partial charge in [-0.25, -0.2) is 0 Å². The van der Waals surface area contributed by atoms with E-state index in [9.17, 15) is 15.3 Å². The van der Waals surface area contributed by atoms with E-state index in [0.29, 0.717) is 26.2 Å². The van der Waals surface area contributed by atoms with Gasteiger partial charge in [0.15, 0.2) is 5.57 Å². The van der Waals surface area contributed by atoms with E-state index in [2.05, 4.69) is 15.9 Å². The summed E-state index contributed by atoms with van der Waals surface area (Å²) in [7, 11) is 1.56. The molecule has 0 N–H and O–H groups in total. The van der Waals surface area contributed by atoms with Crippen molar-refractivity contribution >= 4 is 38.9 Å². The Hall–Kier alpha value is -3.13. The number of nitriles is 2. The van der Waals surface area contributed by atoms with E-state index >= 15 is 0 Å². The molecule has 0 saturated carbocycles. The monoisotopic (exact) mass is 451 g/mol. The molecule has 0 fully saturated rings. The SMILES string of the molecule is COc1ccc(Br)cc1/C=c1/sc(=C(C#N)C#N)n(-c2ccccc2C)c1=O. The number of hydrogen-bond acceptors (Lipinski definition) is 5. The van der Waals surface area contributed by atoms with Crippen LogP contribution in [-0.4, -0.2) is 11.7 Å². The number of hydrogen-bond donors (Lipinski definition) is 0. The van der Waals surface area contributed by atoms with E-state index in [1.54, 1.807) is 25.3 Å². The maximum Gasteiger partial charge on any atom is 0.273 e. The number of benzene rings is 2. The number of halogens is 1. The van der Waals surface area contributed by atoms with Crippen molar-refractivity contribution in [3.63, 3.8) is 0 Å². The Morgan fingerprint density at radius 2 is 1.93 bits per heavy atom. The number of nitrogens with zero attached hydrogens (tertiary/aromatic N) is 3. The van der Waals surface area contributed by atoms with Crippen LogP contribution in [-0.2, 0) is 0 Å². The summed E-state index contributed by atoms with van der Waals surface area (Å²) >= 11 is 4.53. The van der Waals surface area contributed by atoms with Crippen LogP contribution in [0.5, 0.6) is 5.75 Å². The summed E-state index contributed by atoms with van der Waals surface area (Å²) in [6, 6.07) is 16.6. The molecule has 5 nitrogen and oxygen atoms in total. The van der Waals surface area contributed by atoms with Crippen LogP contribution in [0.25, 0.3) is 17.3 Å². The molecule has 2 aromatic carbocycles. The van der Waals surface area contributed by atoms with Crippen molar-refractivity contribution in [3.05, 3.63) is 77.6 Å². The zero-order valence-electron chi connectivity index (χ0n) is 15.1. The highest BCUT2D eigenvalue weighted by atomic mass is 79.9. The number of rotatable bonds is 3. The van der Waals surface area contributed by atoms with Gasteiger partial charge in [-0.05, 0) is 42.8 Å². The van der Waals surface area contributed by atoms with E-state index in [1.807, 2.05) is 49.4 Å². The van der Waals surface area contributed by atoms with E-state index in [1.165, 1.54) is 4.57 Å². The van der Waals surface area contributed by atoms with Gasteiger partial charge >= 0.3 is 0 Å². The first kappa shape index (κ1) is 19.6. The predicted octanol–water partition coefficient (Wildman–Crippen LogP) is 3.01. The average Bonchev–Trinajstić information content (AvgIpc) is 2.99. The van der Waals surface area contributed by atoms with Crippen molar-refractivity contribution in [1.82, 2.24) is 4.57 Å². The van der Waals surface area contributed by atoms with Crippen molar-refractivity contribution in [1.29, 1.82) is 10.5 Å². The van der Waals surface area contributed by atoms with E-state index in [0.717, 1.165) is 21.4 Å². The van der Waals surface area contributed by atoms with E-state index in [-0.39, 0.29) is 11.1 Å². The lowest BCUT2D eigenvalue weighted by atomic mass is 10.2. The summed E-state index contributed by atoms with van der Waals surface area (Å²) in [4.78, 5) is 13.2. The fourth-order valence-corrected chi connectivity index (χ4v) is 4.18. The Kier molecular flexibility index (Phi) is 5.79. The molecule has 1 aromatic heterocycles. The van der Waals surface area contributed by atoms with Crippen molar-refractivity contribution in [2.75, 3.05) is 7.11 Å². The van der Waals surface area contributed by atoms with Crippen molar-refractivity contribution < 1.29 is 4.74 Å².